The lowest BCUT2D eigenvalue weighted by Crippen LogP contribution is -2.52. The highest BCUT2D eigenvalue weighted by Gasteiger charge is 2.19. The number of carbonyl (C=O) groups is 1. The van der Waals surface area contributed by atoms with Crippen LogP contribution in [0.3, 0.4) is 0 Å². The Morgan fingerprint density at radius 3 is 2.74 bits per heavy atom. The van der Waals surface area contributed by atoms with Gasteiger partial charge < -0.3 is 15.4 Å². The fourth-order valence-corrected chi connectivity index (χ4v) is 2.73. The molecule has 1 saturated heterocycles. The van der Waals surface area contributed by atoms with Gasteiger partial charge in [-0.25, -0.2) is 0 Å². The Morgan fingerprint density at radius 1 is 1.39 bits per heavy atom. The number of halogens is 1. The smallest absolute Gasteiger partial charge is 0.234 e. The molecule has 1 fully saturated rings. The van der Waals surface area contributed by atoms with Crippen molar-refractivity contribution in [1.82, 2.24) is 15.5 Å². The second-order valence-corrected chi connectivity index (χ2v) is 5.94. The molecule has 2 N–H and O–H groups in total. The van der Waals surface area contributed by atoms with Crippen molar-refractivity contribution in [1.29, 1.82) is 0 Å². The Balaban J connectivity index is 0.00000264. The van der Waals surface area contributed by atoms with E-state index in [0.717, 1.165) is 36.5 Å². The van der Waals surface area contributed by atoms with Gasteiger partial charge in [-0.1, -0.05) is 18.2 Å². The predicted octanol–water partition coefficient (Wildman–Crippen LogP) is 1.51. The summed E-state index contributed by atoms with van der Waals surface area (Å²) in [4.78, 5) is 14.2. The first-order valence-electron chi connectivity index (χ1n) is 7.98. The first kappa shape index (κ1) is 19.7. The molecule has 1 aliphatic heterocycles. The molecule has 1 aromatic rings. The lowest BCUT2D eigenvalue weighted by molar-refractivity contribution is -0.123. The van der Waals surface area contributed by atoms with E-state index < -0.39 is 0 Å². The molecule has 1 heterocycles. The Hall–Kier alpha value is -1.30. The number of nitrogens with one attached hydrogen (secondary N) is 2. The number of amides is 1. The van der Waals surface area contributed by atoms with Crippen LogP contribution < -0.4 is 15.4 Å². The predicted molar refractivity (Wildman–Crippen MR) is 95.6 cm³/mol. The van der Waals surface area contributed by atoms with E-state index in [1.54, 1.807) is 0 Å². The molecule has 0 saturated carbocycles. The van der Waals surface area contributed by atoms with Crippen molar-refractivity contribution in [2.75, 3.05) is 39.3 Å². The second kappa shape index (κ2) is 9.75. The third kappa shape index (κ3) is 6.01. The molecule has 0 aliphatic carbocycles. The number of hydrogen-bond donors (Lipinski definition) is 2. The summed E-state index contributed by atoms with van der Waals surface area (Å²) >= 11 is 0. The van der Waals surface area contributed by atoms with Crippen LogP contribution in [0.1, 0.15) is 18.1 Å². The van der Waals surface area contributed by atoms with Gasteiger partial charge in [0.1, 0.15) is 12.4 Å². The highest BCUT2D eigenvalue weighted by molar-refractivity contribution is 5.85. The van der Waals surface area contributed by atoms with E-state index in [1.165, 1.54) is 0 Å². The minimum atomic E-state index is 0. The average Bonchev–Trinajstić information content (AvgIpc) is 2.48. The van der Waals surface area contributed by atoms with Crippen molar-refractivity contribution >= 4 is 18.3 Å². The standard InChI is InChI=1S/C17H27N3O2.ClH/c1-13-5-4-6-14(2)17(13)22-10-8-19-16(21)12-20-9-7-18-11-15(20)3;/h4-6,15,18H,7-12H2,1-3H3,(H,19,21);1H/t15-;/m0./s1. The zero-order valence-corrected chi connectivity index (χ0v) is 15.0. The van der Waals surface area contributed by atoms with E-state index in [2.05, 4.69) is 22.5 Å². The Morgan fingerprint density at radius 2 is 2.09 bits per heavy atom. The summed E-state index contributed by atoms with van der Waals surface area (Å²) in [5.41, 5.74) is 2.25. The van der Waals surface area contributed by atoms with E-state index in [0.29, 0.717) is 25.7 Å². The molecule has 0 aromatic heterocycles. The van der Waals surface area contributed by atoms with Gasteiger partial charge in [-0.2, -0.15) is 0 Å². The molecule has 130 valence electrons. The van der Waals surface area contributed by atoms with Gasteiger partial charge in [-0.05, 0) is 31.9 Å². The fraction of sp³-hybridized carbons (Fsp3) is 0.588. The van der Waals surface area contributed by atoms with Crippen molar-refractivity contribution in [3.63, 3.8) is 0 Å². The molecule has 1 atom stereocenters. The molecule has 2 rings (SSSR count). The Labute approximate surface area is 145 Å². The quantitative estimate of drug-likeness (QED) is 0.770. The molecule has 1 aromatic carbocycles. The minimum absolute atomic E-state index is 0. The Bertz CT molecular complexity index is 490. The van der Waals surface area contributed by atoms with Crippen LogP contribution in [-0.4, -0.2) is 56.2 Å². The number of benzene rings is 1. The van der Waals surface area contributed by atoms with Crippen LogP contribution >= 0.6 is 12.4 Å². The van der Waals surface area contributed by atoms with Gasteiger partial charge in [0.25, 0.3) is 0 Å². The number of piperazine rings is 1. The van der Waals surface area contributed by atoms with Crippen LogP contribution in [0.5, 0.6) is 5.75 Å². The van der Waals surface area contributed by atoms with E-state index in [1.807, 2.05) is 32.0 Å². The number of rotatable bonds is 6. The first-order valence-corrected chi connectivity index (χ1v) is 7.98. The molecular formula is C17H28ClN3O2. The highest BCUT2D eigenvalue weighted by Crippen LogP contribution is 2.21. The molecule has 23 heavy (non-hydrogen) atoms. The van der Waals surface area contributed by atoms with Crippen molar-refractivity contribution in [2.45, 2.75) is 26.8 Å². The third-order valence-electron chi connectivity index (χ3n) is 4.06. The monoisotopic (exact) mass is 341 g/mol. The van der Waals surface area contributed by atoms with Gasteiger partial charge in [0.2, 0.25) is 5.91 Å². The minimum Gasteiger partial charge on any atom is -0.491 e. The number of ether oxygens (including phenoxy) is 1. The van der Waals surface area contributed by atoms with Crippen LogP contribution in [-0.2, 0) is 4.79 Å². The Kier molecular flexibility index (Phi) is 8.37. The summed E-state index contributed by atoms with van der Waals surface area (Å²) in [7, 11) is 0. The van der Waals surface area contributed by atoms with Crippen molar-refractivity contribution < 1.29 is 9.53 Å². The summed E-state index contributed by atoms with van der Waals surface area (Å²) in [6.45, 7) is 10.5. The maximum atomic E-state index is 12.0. The van der Waals surface area contributed by atoms with Gasteiger partial charge in [-0.3, -0.25) is 9.69 Å². The molecule has 0 bridgehead atoms. The van der Waals surface area contributed by atoms with Crippen LogP contribution in [0.15, 0.2) is 18.2 Å². The van der Waals surface area contributed by atoms with Gasteiger partial charge in [0.05, 0.1) is 13.1 Å². The summed E-state index contributed by atoms with van der Waals surface area (Å²) < 4.78 is 5.79. The van der Waals surface area contributed by atoms with Crippen molar-refractivity contribution in [3.8, 4) is 5.75 Å². The zero-order valence-electron chi connectivity index (χ0n) is 14.2. The van der Waals surface area contributed by atoms with Gasteiger partial charge in [-0.15, -0.1) is 12.4 Å². The number of para-hydroxylation sites is 1. The van der Waals surface area contributed by atoms with E-state index in [9.17, 15) is 4.79 Å². The van der Waals surface area contributed by atoms with Gasteiger partial charge >= 0.3 is 0 Å². The summed E-state index contributed by atoms with van der Waals surface area (Å²) in [5.74, 6) is 0.992. The number of nitrogens with zero attached hydrogens (tertiary/aromatic N) is 1. The topological polar surface area (TPSA) is 53.6 Å². The normalized spacial score (nSPS) is 18.1. The maximum absolute atomic E-state index is 12.0. The van der Waals surface area contributed by atoms with E-state index in [4.69, 9.17) is 4.74 Å². The van der Waals surface area contributed by atoms with Gasteiger partial charge in [0, 0.05) is 25.7 Å². The molecule has 0 radical (unpaired) electrons. The van der Waals surface area contributed by atoms with E-state index >= 15 is 0 Å². The summed E-state index contributed by atoms with van der Waals surface area (Å²) in [6, 6.07) is 6.50. The zero-order chi connectivity index (χ0) is 15.9. The molecule has 0 spiro atoms. The molecule has 6 heteroatoms. The van der Waals surface area contributed by atoms with Crippen LogP contribution in [0.4, 0.5) is 0 Å². The van der Waals surface area contributed by atoms with E-state index in [-0.39, 0.29) is 18.3 Å². The van der Waals surface area contributed by atoms with Crippen LogP contribution in [0, 0.1) is 13.8 Å². The highest BCUT2D eigenvalue weighted by atomic mass is 35.5. The van der Waals surface area contributed by atoms with Crippen molar-refractivity contribution in [2.24, 2.45) is 0 Å². The molecule has 1 aliphatic rings. The molecular weight excluding hydrogens is 314 g/mol. The largest absolute Gasteiger partial charge is 0.491 e. The molecule has 0 unspecified atom stereocenters. The maximum Gasteiger partial charge on any atom is 0.234 e. The number of aryl methyl sites for hydroxylation is 2. The van der Waals surface area contributed by atoms with Crippen LogP contribution in [0.2, 0.25) is 0 Å². The van der Waals surface area contributed by atoms with Crippen molar-refractivity contribution in [3.05, 3.63) is 29.3 Å². The number of hydrogen-bond acceptors (Lipinski definition) is 4. The average molecular weight is 342 g/mol. The second-order valence-electron chi connectivity index (χ2n) is 5.94. The van der Waals surface area contributed by atoms with Crippen LogP contribution in [0.25, 0.3) is 0 Å². The summed E-state index contributed by atoms with van der Waals surface area (Å²) in [6.07, 6.45) is 0. The first-order chi connectivity index (χ1) is 10.6. The number of carbonyl (C=O) groups excluding carboxylic acids is 1. The SMILES string of the molecule is Cc1cccc(C)c1OCCNC(=O)CN1CCNC[C@@H]1C.Cl. The third-order valence-corrected chi connectivity index (χ3v) is 4.06. The molecule has 1 amide bonds. The molecule has 5 nitrogen and oxygen atoms in total. The lowest BCUT2D eigenvalue weighted by Gasteiger charge is -2.33. The lowest BCUT2D eigenvalue weighted by atomic mass is 10.1. The van der Waals surface area contributed by atoms with Gasteiger partial charge in [0.15, 0.2) is 0 Å². The fourth-order valence-electron chi connectivity index (χ4n) is 2.73. The summed E-state index contributed by atoms with van der Waals surface area (Å²) in [5, 5.41) is 6.26.